The van der Waals surface area contributed by atoms with Crippen LogP contribution < -0.4 is 4.90 Å². The largest absolute Gasteiger partial charge is 0.478 e. The molecule has 1 amide bonds. The zero-order chi connectivity index (χ0) is 12.6. The maximum atomic E-state index is 11.7. The number of carbonyl (C=O) groups is 2. The zero-order valence-corrected chi connectivity index (χ0v) is 10.6. The van der Waals surface area contributed by atoms with Crippen LogP contribution in [0.3, 0.4) is 0 Å². The molecule has 1 aromatic carbocycles. The molecule has 0 unspecified atom stereocenters. The molecule has 90 valence electrons. The SMILES string of the molecule is CCN1C(=O)CSc2c(C(=O)O)ccc(Cl)c21. The Hall–Kier alpha value is -1.20. The second-order valence-electron chi connectivity index (χ2n) is 3.50. The lowest BCUT2D eigenvalue weighted by Gasteiger charge is -2.29. The van der Waals surface area contributed by atoms with E-state index >= 15 is 0 Å². The number of amides is 1. The van der Waals surface area contributed by atoms with Crippen LogP contribution in [-0.2, 0) is 4.79 Å². The number of nitrogens with zero attached hydrogens (tertiary/aromatic N) is 1. The van der Waals surface area contributed by atoms with E-state index in [-0.39, 0.29) is 17.2 Å². The van der Waals surface area contributed by atoms with Crippen molar-refractivity contribution in [1.82, 2.24) is 0 Å². The topological polar surface area (TPSA) is 57.6 Å². The quantitative estimate of drug-likeness (QED) is 0.898. The molecule has 4 nitrogen and oxygen atoms in total. The summed E-state index contributed by atoms with van der Waals surface area (Å²) in [6.45, 7) is 2.32. The lowest BCUT2D eigenvalue weighted by atomic mass is 10.1. The van der Waals surface area contributed by atoms with Crippen molar-refractivity contribution in [3.05, 3.63) is 22.7 Å². The van der Waals surface area contributed by atoms with E-state index in [0.717, 1.165) is 0 Å². The molecule has 0 aromatic heterocycles. The molecule has 1 N–H and O–H groups in total. The maximum absolute atomic E-state index is 11.7. The minimum Gasteiger partial charge on any atom is -0.478 e. The highest BCUT2D eigenvalue weighted by Gasteiger charge is 2.29. The molecule has 1 heterocycles. The Morgan fingerprint density at radius 3 is 2.88 bits per heavy atom. The van der Waals surface area contributed by atoms with Crippen molar-refractivity contribution in [1.29, 1.82) is 0 Å². The monoisotopic (exact) mass is 271 g/mol. The molecule has 1 aliphatic heterocycles. The van der Waals surface area contributed by atoms with Crippen LogP contribution in [0.15, 0.2) is 17.0 Å². The van der Waals surface area contributed by atoms with Gasteiger partial charge in [0.05, 0.1) is 22.0 Å². The van der Waals surface area contributed by atoms with Gasteiger partial charge in [0.25, 0.3) is 0 Å². The molecule has 0 fully saturated rings. The summed E-state index contributed by atoms with van der Waals surface area (Å²) in [5, 5.41) is 9.51. The normalized spacial score (nSPS) is 14.7. The molecule has 0 saturated heterocycles. The summed E-state index contributed by atoms with van der Waals surface area (Å²) in [7, 11) is 0. The molecule has 0 saturated carbocycles. The number of carbonyl (C=O) groups excluding carboxylic acids is 1. The van der Waals surface area contributed by atoms with Crippen LogP contribution in [0, 0.1) is 0 Å². The Balaban J connectivity index is 2.66. The molecular weight excluding hydrogens is 262 g/mol. The summed E-state index contributed by atoms with van der Waals surface area (Å²) >= 11 is 7.29. The smallest absolute Gasteiger partial charge is 0.336 e. The highest BCUT2D eigenvalue weighted by Crippen LogP contribution is 2.42. The number of halogens is 1. The second-order valence-corrected chi connectivity index (χ2v) is 4.90. The third-order valence-corrected chi connectivity index (χ3v) is 3.94. The highest BCUT2D eigenvalue weighted by molar-refractivity contribution is 8.00. The van der Waals surface area contributed by atoms with E-state index in [0.29, 0.717) is 22.2 Å². The number of hydrogen-bond donors (Lipinski definition) is 1. The Morgan fingerprint density at radius 2 is 2.29 bits per heavy atom. The summed E-state index contributed by atoms with van der Waals surface area (Å²) in [6.07, 6.45) is 0. The van der Waals surface area contributed by atoms with Gasteiger partial charge in [-0.05, 0) is 19.1 Å². The van der Waals surface area contributed by atoms with Crippen LogP contribution >= 0.6 is 23.4 Å². The van der Waals surface area contributed by atoms with Crippen molar-refractivity contribution in [2.45, 2.75) is 11.8 Å². The number of aromatic carboxylic acids is 1. The molecule has 0 bridgehead atoms. The van der Waals surface area contributed by atoms with E-state index in [2.05, 4.69) is 0 Å². The summed E-state index contributed by atoms with van der Waals surface area (Å²) in [5.41, 5.74) is 0.718. The predicted octanol–water partition coefficient (Wildman–Crippen LogP) is 2.50. The van der Waals surface area contributed by atoms with E-state index in [4.69, 9.17) is 16.7 Å². The third-order valence-electron chi connectivity index (χ3n) is 2.54. The van der Waals surface area contributed by atoms with Crippen molar-refractivity contribution < 1.29 is 14.7 Å². The Labute approximate surface area is 108 Å². The summed E-state index contributed by atoms with van der Waals surface area (Å²) in [6, 6.07) is 2.99. The third kappa shape index (κ3) is 2.00. The number of hydrogen-bond acceptors (Lipinski definition) is 3. The fraction of sp³-hybridized carbons (Fsp3) is 0.273. The van der Waals surface area contributed by atoms with Gasteiger partial charge in [-0.2, -0.15) is 0 Å². The number of anilines is 1. The van der Waals surface area contributed by atoms with E-state index in [9.17, 15) is 9.59 Å². The lowest BCUT2D eigenvalue weighted by molar-refractivity contribution is -0.116. The van der Waals surface area contributed by atoms with Crippen molar-refractivity contribution in [2.75, 3.05) is 17.2 Å². The minimum atomic E-state index is -1.00. The van der Waals surface area contributed by atoms with Crippen LogP contribution in [0.1, 0.15) is 17.3 Å². The van der Waals surface area contributed by atoms with Crippen molar-refractivity contribution >= 4 is 40.9 Å². The molecule has 6 heteroatoms. The Morgan fingerprint density at radius 1 is 1.59 bits per heavy atom. The van der Waals surface area contributed by atoms with Crippen LogP contribution in [0.25, 0.3) is 0 Å². The standard InChI is InChI=1S/C11H10ClNO3S/c1-2-13-8(14)5-17-10-6(11(15)16)3-4-7(12)9(10)13/h3-4H,2,5H2,1H3,(H,15,16). The van der Waals surface area contributed by atoms with Gasteiger partial charge in [-0.15, -0.1) is 11.8 Å². The van der Waals surface area contributed by atoms with Crippen LogP contribution in [0.5, 0.6) is 0 Å². The van der Waals surface area contributed by atoms with Gasteiger partial charge in [0, 0.05) is 11.4 Å². The van der Waals surface area contributed by atoms with E-state index in [1.165, 1.54) is 28.8 Å². The average molecular weight is 272 g/mol. The van der Waals surface area contributed by atoms with Crippen molar-refractivity contribution in [3.8, 4) is 0 Å². The van der Waals surface area contributed by atoms with Gasteiger partial charge < -0.3 is 10.0 Å². The number of rotatable bonds is 2. The van der Waals surface area contributed by atoms with Crippen LogP contribution in [0.4, 0.5) is 5.69 Å². The van der Waals surface area contributed by atoms with Gasteiger partial charge in [0.1, 0.15) is 0 Å². The number of carboxylic acids is 1. The van der Waals surface area contributed by atoms with Gasteiger partial charge in [-0.1, -0.05) is 11.6 Å². The van der Waals surface area contributed by atoms with E-state index < -0.39 is 5.97 Å². The fourth-order valence-corrected chi connectivity index (χ4v) is 3.19. The molecule has 0 atom stereocenters. The molecule has 0 aliphatic carbocycles. The zero-order valence-electron chi connectivity index (χ0n) is 9.07. The fourth-order valence-electron chi connectivity index (χ4n) is 1.78. The first-order chi connectivity index (χ1) is 8.06. The van der Waals surface area contributed by atoms with Crippen LogP contribution in [-0.4, -0.2) is 29.3 Å². The van der Waals surface area contributed by atoms with Gasteiger partial charge in [-0.25, -0.2) is 4.79 Å². The lowest BCUT2D eigenvalue weighted by Crippen LogP contribution is -2.35. The highest BCUT2D eigenvalue weighted by atomic mass is 35.5. The van der Waals surface area contributed by atoms with Gasteiger partial charge in [0.2, 0.25) is 5.91 Å². The molecule has 1 aliphatic rings. The molecule has 17 heavy (non-hydrogen) atoms. The first kappa shape index (κ1) is 12.3. The summed E-state index contributed by atoms with van der Waals surface area (Å²) in [4.78, 5) is 24.9. The number of carboxylic acid groups (broad SMARTS) is 1. The molecule has 0 radical (unpaired) electrons. The summed E-state index contributed by atoms with van der Waals surface area (Å²) < 4.78 is 0. The molecule has 0 spiro atoms. The van der Waals surface area contributed by atoms with Gasteiger partial charge >= 0.3 is 5.97 Å². The number of thioether (sulfide) groups is 1. The van der Waals surface area contributed by atoms with Crippen molar-refractivity contribution in [3.63, 3.8) is 0 Å². The van der Waals surface area contributed by atoms with Crippen LogP contribution in [0.2, 0.25) is 5.02 Å². The number of fused-ring (bicyclic) bond motifs is 1. The molecular formula is C11H10ClNO3S. The average Bonchev–Trinajstić information content (AvgIpc) is 2.29. The number of benzene rings is 1. The molecule has 1 aromatic rings. The Kier molecular flexibility index (Phi) is 3.31. The maximum Gasteiger partial charge on any atom is 0.336 e. The van der Waals surface area contributed by atoms with E-state index in [1.54, 1.807) is 0 Å². The first-order valence-corrected chi connectivity index (χ1v) is 6.41. The van der Waals surface area contributed by atoms with Gasteiger partial charge in [-0.3, -0.25) is 4.79 Å². The second kappa shape index (κ2) is 4.58. The predicted molar refractivity (Wildman–Crippen MR) is 67.2 cm³/mol. The van der Waals surface area contributed by atoms with E-state index in [1.807, 2.05) is 6.92 Å². The molecule has 2 rings (SSSR count). The Bertz CT molecular complexity index is 504. The minimum absolute atomic E-state index is 0.0468. The van der Waals surface area contributed by atoms with Gasteiger partial charge in [0.15, 0.2) is 0 Å². The van der Waals surface area contributed by atoms with Crippen molar-refractivity contribution in [2.24, 2.45) is 0 Å². The first-order valence-electron chi connectivity index (χ1n) is 5.05. The summed E-state index contributed by atoms with van der Waals surface area (Å²) in [5.74, 6) is -0.799.